The van der Waals surface area contributed by atoms with Gasteiger partial charge < -0.3 is 14.9 Å². The summed E-state index contributed by atoms with van der Waals surface area (Å²) >= 11 is 0. The summed E-state index contributed by atoms with van der Waals surface area (Å²) in [6, 6.07) is 16.7. The summed E-state index contributed by atoms with van der Waals surface area (Å²) in [6.45, 7) is 2.67. The molecule has 1 aromatic heterocycles. The maximum absolute atomic E-state index is 12.7. The summed E-state index contributed by atoms with van der Waals surface area (Å²) in [4.78, 5) is 16.7. The van der Waals surface area contributed by atoms with E-state index in [0.29, 0.717) is 31.7 Å². The molecule has 1 fully saturated rings. The highest BCUT2D eigenvalue weighted by Crippen LogP contribution is 2.27. The van der Waals surface area contributed by atoms with E-state index in [9.17, 15) is 9.90 Å². The predicted molar refractivity (Wildman–Crippen MR) is 99.8 cm³/mol. The first-order valence-corrected chi connectivity index (χ1v) is 8.65. The zero-order valence-corrected chi connectivity index (χ0v) is 14.3. The van der Waals surface area contributed by atoms with E-state index >= 15 is 0 Å². The summed E-state index contributed by atoms with van der Waals surface area (Å²) in [5.74, 6) is 0.315. The molecule has 2 heterocycles. The largest absolute Gasteiger partial charge is 0.506 e. The first-order valence-electron chi connectivity index (χ1n) is 8.65. The zero-order valence-electron chi connectivity index (χ0n) is 14.3. The molecule has 6 heteroatoms. The lowest BCUT2D eigenvalue weighted by Crippen LogP contribution is -2.48. The third kappa shape index (κ3) is 3.13. The smallest absolute Gasteiger partial charge is 0.253 e. The number of para-hydroxylation sites is 2. The molecule has 0 saturated carbocycles. The molecule has 3 aromatic rings. The van der Waals surface area contributed by atoms with E-state index in [1.54, 1.807) is 16.9 Å². The van der Waals surface area contributed by atoms with Gasteiger partial charge in [-0.1, -0.05) is 12.1 Å². The Morgan fingerprint density at radius 3 is 2.31 bits per heavy atom. The third-order valence-electron chi connectivity index (χ3n) is 4.67. The number of amides is 1. The lowest BCUT2D eigenvalue weighted by Gasteiger charge is -2.36. The molecule has 132 valence electrons. The maximum atomic E-state index is 12.7. The van der Waals surface area contributed by atoms with Gasteiger partial charge in [-0.3, -0.25) is 4.79 Å². The van der Waals surface area contributed by atoms with E-state index < -0.39 is 0 Å². The van der Waals surface area contributed by atoms with Crippen molar-refractivity contribution < 1.29 is 9.90 Å². The molecule has 6 nitrogen and oxygen atoms in total. The number of anilines is 1. The van der Waals surface area contributed by atoms with E-state index in [-0.39, 0.29) is 11.7 Å². The summed E-state index contributed by atoms with van der Waals surface area (Å²) in [5, 5.41) is 14.2. The van der Waals surface area contributed by atoms with Crippen LogP contribution in [0.5, 0.6) is 5.75 Å². The highest BCUT2D eigenvalue weighted by atomic mass is 16.3. The number of aromatic hydroxyl groups is 1. The van der Waals surface area contributed by atoms with Crippen molar-refractivity contribution in [1.29, 1.82) is 0 Å². The number of hydrogen-bond acceptors (Lipinski definition) is 4. The number of carbonyl (C=O) groups excluding carboxylic acids is 1. The predicted octanol–water partition coefficient (Wildman–Crippen LogP) is 2.54. The van der Waals surface area contributed by atoms with Gasteiger partial charge in [-0.05, 0) is 42.5 Å². The molecule has 26 heavy (non-hydrogen) atoms. The highest BCUT2D eigenvalue weighted by molar-refractivity contribution is 5.94. The molecule has 0 spiro atoms. The molecule has 1 aliphatic rings. The first-order chi connectivity index (χ1) is 12.7. The summed E-state index contributed by atoms with van der Waals surface area (Å²) in [6.07, 6.45) is 3.60. The number of benzene rings is 2. The normalized spacial score (nSPS) is 14.5. The van der Waals surface area contributed by atoms with E-state index in [4.69, 9.17) is 0 Å². The molecule has 1 N–H and O–H groups in total. The molecule has 1 saturated heterocycles. The SMILES string of the molecule is O=C(c1ccc(-n2cccn2)cc1)N1CCN(c2ccccc2O)CC1. The van der Waals surface area contributed by atoms with Crippen LogP contribution < -0.4 is 4.90 Å². The van der Waals surface area contributed by atoms with Gasteiger partial charge in [-0.2, -0.15) is 5.10 Å². The van der Waals surface area contributed by atoms with Gasteiger partial charge in [0.2, 0.25) is 0 Å². The van der Waals surface area contributed by atoms with Gasteiger partial charge in [0.1, 0.15) is 5.75 Å². The fourth-order valence-corrected chi connectivity index (χ4v) is 3.24. The number of hydrogen-bond donors (Lipinski definition) is 1. The van der Waals surface area contributed by atoms with Crippen LogP contribution in [0.3, 0.4) is 0 Å². The van der Waals surface area contributed by atoms with E-state index in [2.05, 4.69) is 10.00 Å². The maximum Gasteiger partial charge on any atom is 0.253 e. The monoisotopic (exact) mass is 348 g/mol. The van der Waals surface area contributed by atoms with Crippen LogP contribution in [0.2, 0.25) is 0 Å². The van der Waals surface area contributed by atoms with E-state index in [1.165, 1.54) is 0 Å². The average molecular weight is 348 g/mol. The van der Waals surface area contributed by atoms with Crippen molar-refractivity contribution in [3.63, 3.8) is 0 Å². The van der Waals surface area contributed by atoms with Crippen molar-refractivity contribution in [2.24, 2.45) is 0 Å². The van der Waals surface area contributed by atoms with Crippen LogP contribution in [-0.4, -0.2) is 51.9 Å². The third-order valence-corrected chi connectivity index (χ3v) is 4.67. The molecule has 0 aliphatic carbocycles. The molecule has 1 amide bonds. The summed E-state index contributed by atoms with van der Waals surface area (Å²) in [5.41, 5.74) is 2.43. The van der Waals surface area contributed by atoms with Crippen LogP contribution in [0.15, 0.2) is 67.0 Å². The molecule has 0 bridgehead atoms. The molecular formula is C20H20N4O2. The van der Waals surface area contributed by atoms with E-state index in [1.807, 2.05) is 59.6 Å². The quantitative estimate of drug-likeness (QED) is 0.790. The molecule has 4 rings (SSSR count). The van der Waals surface area contributed by atoms with Crippen LogP contribution in [0.4, 0.5) is 5.69 Å². The Morgan fingerprint density at radius 1 is 0.923 bits per heavy atom. The summed E-state index contributed by atoms with van der Waals surface area (Å²) < 4.78 is 1.76. The Morgan fingerprint density at radius 2 is 1.65 bits per heavy atom. The zero-order chi connectivity index (χ0) is 17.9. The van der Waals surface area contributed by atoms with Crippen LogP contribution in [0.25, 0.3) is 5.69 Å². The topological polar surface area (TPSA) is 61.6 Å². The number of nitrogens with zero attached hydrogens (tertiary/aromatic N) is 4. The van der Waals surface area contributed by atoms with Crippen molar-refractivity contribution in [3.8, 4) is 11.4 Å². The Kier molecular flexibility index (Phi) is 4.31. The van der Waals surface area contributed by atoms with Gasteiger partial charge in [0.15, 0.2) is 0 Å². The lowest BCUT2D eigenvalue weighted by atomic mass is 10.1. The lowest BCUT2D eigenvalue weighted by molar-refractivity contribution is 0.0746. The first kappa shape index (κ1) is 16.2. The van der Waals surface area contributed by atoms with Crippen LogP contribution in [-0.2, 0) is 0 Å². The Labute approximate surface area is 151 Å². The number of aromatic nitrogens is 2. The molecule has 0 unspecified atom stereocenters. The second-order valence-corrected chi connectivity index (χ2v) is 6.27. The van der Waals surface area contributed by atoms with Crippen molar-refractivity contribution in [3.05, 3.63) is 72.6 Å². The van der Waals surface area contributed by atoms with Crippen molar-refractivity contribution in [2.45, 2.75) is 0 Å². The Hall–Kier alpha value is -3.28. The standard InChI is InChI=1S/C20H20N4O2/c25-19-5-2-1-4-18(19)22-12-14-23(15-13-22)20(26)16-6-8-17(9-7-16)24-11-3-10-21-24/h1-11,25H,12-15H2. The molecule has 0 atom stereocenters. The van der Waals surface area contributed by atoms with Crippen LogP contribution >= 0.6 is 0 Å². The number of carbonyl (C=O) groups is 1. The van der Waals surface area contributed by atoms with Crippen molar-refractivity contribution in [1.82, 2.24) is 14.7 Å². The van der Waals surface area contributed by atoms with Crippen LogP contribution in [0, 0.1) is 0 Å². The Balaban J connectivity index is 1.41. The molecule has 1 aliphatic heterocycles. The van der Waals surface area contributed by atoms with Gasteiger partial charge in [-0.15, -0.1) is 0 Å². The van der Waals surface area contributed by atoms with Gasteiger partial charge in [-0.25, -0.2) is 4.68 Å². The minimum Gasteiger partial charge on any atom is -0.506 e. The number of phenolic OH excluding ortho intramolecular Hbond substituents is 1. The molecule has 0 radical (unpaired) electrons. The fraction of sp³-hybridized carbons (Fsp3) is 0.200. The van der Waals surface area contributed by atoms with Crippen LogP contribution in [0.1, 0.15) is 10.4 Å². The van der Waals surface area contributed by atoms with Gasteiger partial charge in [0.05, 0.1) is 11.4 Å². The fourth-order valence-electron chi connectivity index (χ4n) is 3.24. The van der Waals surface area contributed by atoms with Crippen molar-refractivity contribution in [2.75, 3.05) is 31.1 Å². The van der Waals surface area contributed by atoms with Gasteiger partial charge >= 0.3 is 0 Å². The second kappa shape index (κ2) is 6.92. The number of rotatable bonds is 3. The van der Waals surface area contributed by atoms with Gasteiger partial charge in [0.25, 0.3) is 5.91 Å². The summed E-state index contributed by atoms with van der Waals surface area (Å²) in [7, 11) is 0. The number of phenols is 1. The molecule has 2 aromatic carbocycles. The van der Waals surface area contributed by atoms with Gasteiger partial charge in [0, 0.05) is 44.1 Å². The Bertz CT molecular complexity index is 882. The minimum atomic E-state index is 0.0361. The number of piperazine rings is 1. The van der Waals surface area contributed by atoms with E-state index in [0.717, 1.165) is 11.4 Å². The van der Waals surface area contributed by atoms with Crippen molar-refractivity contribution >= 4 is 11.6 Å². The highest BCUT2D eigenvalue weighted by Gasteiger charge is 2.23. The molecular weight excluding hydrogens is 328 g/mol. The second-order valence-electron chi connectivity index (χ2n) is 6.27. The minimum absolute atomic E-state index is 0.0361. The average Bonchev–Trinajstić information content (AvgIpc) is 3.23.